The van der Waals surface area contributed by atoms with E-state index in [1.165, 1.54) is 16.7 Å². The van der Waals surface area contributed by atoms with Crippen LogP contribution in [0.3, 0.4) is 0 Å². The molecule has 0 bridgehead atoms. The molecule has 2 heterocycles. The van der Waals surface area contributed by atoms with Gasteiger partial charge in [-0.05, 0) is 24.6 Å². The second-order valence-corrected chi connectivity index (χ2v) is 10.0. The molecule has 0 spiro atoms. The van der Waals surface area contributed by atoms with Crippen LogP contribution >= 0.6 is 0 Å². The average molecular weight is 463 g/mol. The number of benzene rings is 1. The minimum absolute atomic E-state index is 0.0218. The summed E-state index contributed by atoms with van der Waals surface area (Å²) < 4.78 is 34.6. The van der Waals surface area contributed by atoms with Crippen LogP contribution in [0.1, 0.15) is 27.2 Å². The summed E-state index contributed by atoms with van der Waals surface area (Å²) in [4.78, 5) is 21.9. The van der Waals surface area contributed by atoms with E-state index in [1.807, 2.05) is 6.92 Å². The average Bonchev–Trinajstić information content (AvgIpc) is 2.80. The minimum atomic E-state index is -3.92. The second kappa shape index (κ2) is 9.93. The number of aliphatic hydroxyl groups excluding tert-OH is 1. The highest BCUT2D eigenvalue weighted by molar-refractivity contribution is 7.89. The zero-order valence-corrected chi connectivity index (χ0v) is 19.6. The van der Waals surface area contributed by atoms with Crippen molar-refractivity contribution < 1.29 is 23.1 Å². The van der Waals surface area contributed by atoms with E-state index in [9.17, 15) is 18.3 Å². The van der Waals surface area contributed by atoms with E-state index in [4.69, 9.17) is 4.74 Å². The van der Waals surface area contributed by atoms with Gasteiger partial charge in [-0.15, -0.1) is 0 Å². The number of hydrogen-bond donors (Lipinski definition) is 1. The maximum absolute atomic E-state index is 13.5. The summed E-state index contributed by atoms with van der Waals surface area (Å²) in [7, 11) is -2.21. The zero-order chi connectivity index (χ0) is 23.5. The van der Waals surface area contributed by atoms with Gasteiger partial charge in [-0.2, -0.15) is 4.31 Å². The van der Waals surface area contributed by atoms with Gasteiger partial charge in [0.05, 0.1) is 13.2 Å². The highest BCUT2D eigenvalue weighted by Gasteiger charge is 2.38. The number of ether oxygens (including phenoxy) is 1. The van der Waals surface area contributed by atoms with Gasteiger partial charge in [-0.3, -0.25) is 4.79 Å². The van der Waals surface area contributed by atoms with Crippen LogP contribution in [0.15, 0.2) is 41.8 Å². The molecule has 1 aliphatic heterocycles. The minimum Gasteiger partial charge on any atom is -0.487 e. The molecule has 9 nitrogen and oxygen atoms in total. The van der Waals surface area contributed by atoms with Gasteiger partial charge in [0, 0.05) is 49.9 Å². The number of carbonyl (C=O) groups is 1. The summed E-state index contributed by atoms with van der Waals surface area (Å²) in [5.41, 5.74) is 1.44. The van der Waals surface area contributed by atoms with Crippen LogP contribution in [-0.2, 0) is 14.8 Å². The number of aromatic nitrogens is 2. The van der Waals surface area contributed by atoms with E-state index in [2.05, 4.69) is 9.97 Å². The molecular weight excluding hydrogens is 432 g/mol. The van der Waals surface area contributed by atoms with E-state index in [0.29, 0.717) is 18.5 Å². The summed E-state index contributed by atoms with van der Waals surface area (Å²) >= 11 is 0. The third-order valence-electron chi connectivity index (χ3n) is 5.74. The Hall–Kier alpha value is -2.56. The van der Waals surface area contributed by atoms with Gasteiger partial charge in [0.1, 0.15) is 23.1 Å². The molecule has 32 heavy (non-hydrogen) atoms. The van der Waals surface area contributed by atoms with Crippen molar-refractivity contribution in [3.63, 3.8) is 0 Å². The van der Waals surface area contributed by atoms with Gasteiger partial charge >= 0.3 is 0 Å². The summed E-state index contributed by atoms with van der Waals surface area (Å²) in [5, 5.41) is 9.72. The number of carbonyl (C=O) groups excluding carboxylic acids is 1. The van der Waals surface area contributed by atoms with Gasteiger partial charge in [0.25, 0.3) is 0 Å². The number of aliphatic hydroxyl groups is 1. The summed E-state index contributed by atoms with van der Waals surface area (Å²) in [5.74, 6) is -0.0513. The van der Waals surface area contributed by atoms with Crippen LogP contribution in [0.5, 0.6) is 5.75 Å². The Labute approximate surface area is 189 Å². The summed E-state index contributed by atoms with van der Waals surface area (Å²) in [6.07, 6.45) is 4.62. The topological polar surface area (TPSA) is 113 Å². The van der Waals surface area contributed by atoms with Crippen molar-refractivity contribution in [3.8, 4) is 16.9 Å². The lowest BCUT2D eigenvalue weighted by molar-refractivity contribution is -0.131. The van der Waals surface area contributed by atoms with Crippen LogP contribution in [0.4, 0.5) is 0 Å². The number of likely N-dealkylation sites (N-methyl/N-ethyl adjacent to an activating group) is 1. The van der Waals surface area contributed by atoms with Crippen LogP contribution < -0.4 is 4.74 Å². The van der Waals surface area contributed by atoms with Crippen LogP contribution in [0.25, 0.3) is 11.1 Å². The monoisotopic (exact) mass is 462 g/mol. The predicted octanol–water partition coefficient (Wildman–Crippen LogP) is 1.78. The van der Waals surface area contributed by atoms with Crippen LogP contribution in [-0.4, -0.2) is 77.5 Å². The normalized spacial score (nSPS) is 21.5. The van der Waals surface area contributed by atoms with E-state index in [-0.39, 0.29) is 35.6 Å². The van der Waals surface area contributed by atoms with Gasteiger partial charge in [0.2, 0.25) is 15.9 Å². The van der Waals surface area contributed by atoms with E-state index in [0.717, 1.165) is 5.56 Å². The fourth-order valence-electron chi connectivity index (χ4n) is 3.71. The van der Waals surface area contributed by atoms with Crippen molar-refractivity contribution in [2.75, 3.05) is 26.7 Å². The molecule has 1 aliphatic rings. The number of nitrogens with zero attached hydrogens (tertiary/aromatic N) is 4. The standard InChI is InChI=1S/C22H30N4O5S/c1-5-22(28)25(4)12-20-15(2)11-26(16(3)13-27)32(29,30)21-7-6-17(8-19(21)31-20)18-9-23-14-24-10-18/h6-10,14-16,20,27H,5,11-13H2,1-4H3/t15-,16+,20-/m1/s1. The molecular formula is C22H30N4O5S. The molecule has 2 aromatic rings. The summed E-state index contributed by atoms with van der Waals surface area (Å²) in [6.45, 7) is 5.53. The second-order valence-electron chi connectivity index (χ2n) is 8.16. The first kappa shape index (κ1) is 24.1. The maximum Gasteiger partial charge on any atom is 0.247 e. The van der Waals surface area contributed by atoms with E-state index >= 15 is 0 Å². The van der Waals surface area contributed by atoms with Crippen LogP contribution in [0, 0.1) is 5.92 Å². The third-order valence-corrected chi connectivity index (χ3v) is 7.76. The van der Waals surface area contributed by atoms with Crippen LogP contribution in [0.2, 0.25) is 0 Å². The Bertz CT molecular complexity index is 1050. The Balaban J connectivity index is 2.11. The quantitative estimate of drug-likeness (QED) is 0.696. The fourth-order valence-corrected chi connectivity index (χ4v) is 5.54. The van der Waals surface area contributed by atoms with Gasteiger partial charge in [0.15, 0.2) is 0 Å². The number of fused-ring (bicyclic) bond motifs is 1. The molecule has 0 fully saturated rings. The van der Waals surface area contributed by atoms with Gasteiger partial charge in [-0.25, -0.2) is 18.4 Å². The first-order chi connectivity index (χ1) is 15.2. The lowest BCUT2D eigenvalue weighted by Crippen LogP contribution is -2.50. The molecule has 3 atom stereocenters. The highest BCUT2D eigenvalue weighted by atomic mass is 32.2. The van der Waals surface area contributed by atoms with Crippen molar-refractivity contribution in [2.24, 2.45) is 5.92 Å². The van der Waals surface area contributed by atoms with Crippen molar-refractivity contribution in [2.45, 2.75) is 44.2 Å². The molecule has 0 aliphatic carbocycles. The molecule has 0 saturated heterocycles. The Morgan fingerprint density at radius 3 is 2.62 bits per heavy atom. The number of sulfonamides is 1. The van der Waals surface area contributed by atoms with Crippen molar-refractivity contribution in [3.05, 3.63) is 36.9 Å². The fraction of sp³-hybridized carbons (Fsp3) is 0.500. The maximum atomic E-state index is 13.5. The van der Waals surface area contributed by atoms with E-state index in [1.54, 1.807) is 50.3 Å². The van der Waals surface area contributed by atoms with Gasteiger partial charge < -0.3 is 14.7 Å². The first-order valence-electron chi connectivity index (χ1n) is 10.6. The molecule has 1 amide bonds. The predicted molar refractivity (Wildman–Crippen MR) is 119 cm³/mol. The molecule has 174 valence electrons. The lowest BCUT2D eigenvalue weighted by Gasteiger charge is -2.37. The van der Waals surface area contributed by atoms with E-state index < -0.39 is 22.2 Å². The molecule has 10 heteroatoms. The third kappa shape index (κ3) is 4.92. The van der Waals surface area contributed by atoms with Gasteiger partial charge in [-0.1, -0.05) is 19.9 Å². The molecule has 0 unspecified atom stereocenters. The molecule has 1 aromatic carbocycles. The molecule has 0 radical (unpaired) electrons. The number of hydrogen-bond acceptors (Lipinski definition) is 7. The first-order valence-corrected chi connectivity index (χ1v) is 12.1. The smallest absolute Gasteiger partial charge is 0.247 e. The molecule has 3 rings (SSSR count). The molecule has 1 N–H and O–H groups in total. The number of rotatable bonds is 6. The molecule has 1 aromatic heterocycles. The van der Waals surface area contributed by atoms with Crippen molar-refractivity contribution in [1.82, 2.24) is 19.2 Å². The Kier molecular flexibility index (Phi) is 7.47. The lowest BCUT2D eigenvalue weighted by atomic mass is 10.0. The Morgan fingerprint density at radius 2 is 2.00 bits per heavy atom. The Morgan fingerprint density at radius 1 is 1.31 bits per heavy atom. The molecule has 0 saturated carbocycles. The zero-order valence-electron chi connectivity index (χ0n) is 18.8. The largest absolute Gasteiger partial charge is 0.487 e. The SMILES string of the molecule is CCC(=O)N(C)C[C@H]1Oc2cc(-c3cncnc3)ccc2S(=O)(=O)N([C@@H](C)CO)C[C@H]1C. The number of amides is 1. The van der Waals surface area contributed by atoms with Crippen molar-refractivity contribution in [1.29, 1.82) is 0 Å². The summed E-state index contributed by atoms with van der Waals surface area (Å²) in [6, 6.07) is 4.26. The highest BCUT2D eigenvalue weighted by Crippen LogP contribution is 2.36. The van der Waals surface area contributed by atoms with Crippen molar-refractivity contribution >= 4 is 15.9 Å².